The lowest BCUT2D eigenvalue weighted by Crippen LogP contribution is -1.62. The summed E-state index contributed by atoms with van der Waals surface area (Å²) in [6.07, 6.45) is 1.49. The third-order valence-corrected chi connectivity index (χ3v) is 2.93. The predicted octanol–water partition coefficient (Wildman–Crippen LogP) is 3.04. The second-order valence-electron chi connectivity index (χ2n) is 2.59. The summed E-state index contributed by atoms with van der Waals surface area (Å²) >= 11 is 1.64. The van der Waals surface area contributed by atoms with Gasteiger partial charge in [0.05, 0.1) is 0 Å². The van der Waals surface area contributed by atoms with Crippen LogP contribution < -0.4 is 0 Å². The largest absolute Gasteiger partial charge is 0.433 e. The highest BCUT2D eigenvalue weighted by Crippen LogP contribution is 2.32. The second-order valence-corrected chi connectivity index (χ2v) is 3.60. The van der Waals surface area contributed by atoms with Crippen LogP contribution in [0.2, 0.25) is 0 Å². The quantitative estimate of drug-likeness (QED) is 0.525. The molecule has 0 bridgehead atoms. The Hall–Kier alpha value is -1.35. The van der Waals surface area contributed by atoms with Crippen molar-refractivity contribution in [3.05, 3.63) is 30.7 Å². The van der Waals surface area contributed by atoms with E-state index in [9.17, 15) is 0 Å². The van der Waals surface area contributed by atoms with E-state index in [0.717, 1.165) is 10.4 Å². The number of aromatic nitrogens is 1. The lowest BCUT2D eigenvalue weighted by atomic mass is 10.2. The fourth-order valence-electron chi connectivity index (χ4n) is 1.34. The first kappa shape index (κ1) is 6.20. The van der Waals surface area contributed by atoms with E-state index in [1.807, 2.05) is 12.1 Å². The van der Waals surface area contributed by atoms with Crippen LogP contribution in [-0.4, -0.2) is 4.98 Å². The van der Waals surface area contributed by atoms with E-state index in [2.05, 4.69) is 17.1 Å². The van der Waals surface area contributed by atoms with Gasteiger partial charge in [-0.15, -0.1) is 0 Å². The summed E-state index contributed by atoms with van der Waals surface area (Å²) in [7, 11) is 0. The van der Waals surface area contributed by atoms with Gasteiger partial charge in [-0.1, -0.05) is 29.5 Å². The number of fused-ring (bicyclic) bond motifs is 3. The van der Waals surface area contributed by atoms with Crippen molar-refractivity contribution in [1.29, 1.82) is 0 Å². The third kappa shape index (κ3) is 0.662. The van der Waals surface area contributed by atoms with E-state index < -0.39 is 0 Å². The van der Waals surface area contributed by atoms with Crippen molar-refractivity contribution in [2.45, 2.75) is 0 Å². The first-order valence-electron chi connectivity index (χ1n) is 3.66. The predicted molar refractivity (Wildman–Crippen MR) is 49.4 cm³/mol. The summed E-state index contributed by atoms with van der Waals surface area (Å²) in [4.78, 5) is 5.06. The van der Waals surface area contributed by atoms with Gasteiger partial charge < -0.3 is 4.42 Å². The first-order valence-corrected chi connectivity index (χ1v) is 4.47. The summed E-state index contributed by atoms with van der Waals surface area (Å²) in [5, 5.41) is 1.19. The summed E-state index contributed by atoms with van der Waals surface area (Å²) < 4.78 is 6.45. The van der Waals surface area contributed by atoms with Crippen molar-refractivity contribution in [3.63, 3.8) is 0 Å². The number of hydrogen-bond acceptors (Lipinski definition) is 3. The normalized spacial score (nSPS) is 11.3. The van der Waals surface area contributed by atoms with Crippen LogP contribution in [0.4, 0.5) is 0 Å². The van der Waals surface area contributed by atoms with Crippen LogP contribution in [0.5, 0.6) is 0 Å². The Morgan fingerprint density at radius 3 is 3.17 bits per heavy atom. The molecule has 0 atom stereocenters. The van der Waals surface area contributed by atoms with Crippen LogP contribution in [0, 0.1) is 0 Å². The third-order valence-electron chi connectivity index (χ3n) is 1.88. The van der Waals surface area contributed by atoms with Gasteiger partial charge in [-0.3, -0.25) is 0 Å². The maximum atomic E-state index is 5.21. The monoisotopic (exact) mass is 175 g/mol. The zero-order valence-electron chi connectivity index (χ0n) is 6.15. The van der Waals surface area contributed by atoms with E-state index in [0.29, 0.717) is 0 Å². The van der Waals surface area contributed by atoms with Crippen molar-refractivity contribution in [3.8, 4) is 0 Å². The average Bonchev–Trinajstić information content (AvgIpc) is 2.62. The minimum atomic E-state index is 0.913. The van der Waals surface area contributed by atoms with E-state index in [1.165, 1.54) is 16.5 Å². The molecule has 0 N–H and O–H groups in total. The first-order chi connectivity index (χ1) is 5.95. The maximum Gasteiger partial charge on any atom is 0.209 e. The Labute approximate surface area is 72.4 Å². The molecule has 0 aliphatic heterocycles. The number of hydrogen-bond donors (Lipinski definition) is 0. The van der Waals surface area contributed by atoms with Crippen molar-refractivity contribution >= 4 is 31.8 Å². The molecule has 3 heteroatoms. The number of benzene rings is 1. The van der Waals surface area contributed by atoms with Gasteiger partial charge in [0.2, 0.25) is 4.90 Å². The topological polar surface area (TPSA) is 26.0 Å². The Morgan fingerprint density at radius 2 is 2.17 bits per heavy atom. The van der Waals surface area contributed by atoms with Crippen molar-refractivity contribution < 1.29 is 4.42 Å². The fraction of sp³-hybridized carbons (Fsp3) is 0. The van der Waals surface area contributed by atoms with E-state index in [-0.39, 0.29) is 0 Å². The number of rotatable bonds is 0. The van der Waals surface area contributed by atoms with Gasteiger partial charge in [0.15, 0.2) is 6.39 Å². The highest BCUT2D eigenvalue weighted by molar-refractivity contribution is 7.25. The molecule has 0 saturated heterocycles. The molecule has 58 valence electrons. The number of thiophene rings is 1. The zero-order chi connectivity index (χ0) is 7.97. The van der Waals surface area contributed by atoms with Gasteiger partial charge in [-0.05, 0) is 6.07 Å². The van der Waals surface area contributed by atoms with E-state index in [1.54, 1.807) is 11.3 Å². The van der Waals surface area contributed by atoms with Gasteiger partial charge in [-0.2, -0.15) is 0 Å². The summed E-state index contributed by atoms with van der Waals surface area (Å²) in [5.41, 5.74) is 0.982. The average molecular weight is 175 g/mol. The molecule has 2 nitrogen and oxygen atoms in total. The van der Waals surface area contributed by atoms with Gasteiger partial charge in [0.25, 0.3) is 0 Å². The molecule has 12 heavy (non-hydrogen) atoms. The minimum Gasteiger partial charge on any atom is -0.433 e. The van der Waals surface area contributed by atoms with Gasteiger partial charge >= 0.3 is 0 Å². The SMILES string of the molecule is c1ccc2c(c1)sc1ocnc12. The number of oxazole rings is 1. The molecule has 1 aromatic carbocycles. The fourth-order valence-corrected chi connectivity index (χ4v) is 2.31. The Morgan fingerprint density at radius 1 is 1.25 bits per heavy atom. The highest BCUT2D eigenvalue weighted by Gasteiger charge is 2.06. The summed E-state index contributed by atoms with van der Waals surface area (Å²) in [6.45, 7) is 0. The Balaban J connectivity index is 2.68. The van der Waals surface area contributed by atoms with Crippen molar-refractivity contribution in [2.24, 2.45) is 0 Å². The molecule has 3 rings (SSSR count). The van der Waals surface area contributed by atoms with Crippen LogP contribution >= 0.6 is 11.3 Å². The summed E-state index contributed by atoms with van der Waals surface area (Å²) in [5.74, 6) is 0. The lowest BCUT2D eigenvalue weighted by Gasteiger charge is -1.83. The smallest absolute Gasteiger partial charge is 0.209 e. The Kier molecular flexibility index (Phi) is 1.07. The molecule has 2 heterocycles. The molecule has 0 saturated carbocycles. The van der Waals surface area contributed by atoms with Crippen LogP contribution in [-0.2, 0) is 0 Å². The Bertz CT molecular complexity index is 536. The lowest BCUT2D eigenvalue weighted by molar-refractivity contribution is 0.609. The van der Waals surface area contributed by atoms with Crippen LogP contribution in [0.3, 0.4) is 0 Å². The molecular formula is C9H5NOS. The minimum absolute atomic E-state index is 0.913. The standard InChI is InChI=1S/C9H5NOS/c1-2-4-7-6(3-1)8-9(12-7)11-5-10-8/h1-5H. The van der Waals surface area contributed by atoms with Crippen LogP contribution in [0.15, 0.2) is 35.1 Å². The van der Waals surface area contributed by atoms with Crippen LogP contribution in [0.1, 0.15) is 0 Å². The molecule has 0 aliphatic rings. The second kappa shape index (κ2) is 2.08. The highest BCUT2D eigenvalue weighted by atomic mass is 32.1. The summed E-state index contributed by atoms with van der Waals surface area (Å²) in [6, 6.07) is 8.19. The van der Waals surface area contributed by atoms with Gasteiger partial charge in [-0.25, -0.2) is 4.98 Å². The molecule has 0 amide bonds. The molecule has 0 aliphatic carbocycles. The van der Waals surface area contributed by atoms with Crippen molar-refractivity contribution in [1.82, 2.24) is 4.98 Å². The zero-order valence-corrected chi connectivity index (χ0v) is 6.97. The maximum absolute atomic E-state index is 5.21. The molecule has 0 radical (unpaired) electrons. The molecular weight excluding hydrogens is 170 g/mol. The van der Waals surface area contributed by atoms with Crippen molar-refractivity contribution in [2.75, 3.05) is 0 Å². The number of nitrogens with zero attached hydrogens (tertiary/aromatic N) is 1. The van der Waals surface area contributed by atoms with E-state index >= 15 is 0 Å². The molecule has 0 fully saturated rings. The molecule has 2 aromatic heterocycles. The van der Waals surface area contributed by atoms with Gasteiger partial charge in [0, 0.05) is 10.1 Å². The molecule has 0 unspecified atom stereocenters. The van der Waals surface area contributed by atoms with Gasteiger partial charge in [0.1, 0.15) is 5.52 Å². The van der Waals surface area contributed by atoms with E-state index in [4.69, 9.17) is 4.42 Å². The van der Waals surface area contributed by atoms with Crippen LogP contribution in [0.25, 0.3) is 20.5 Å². The molecule has 0 spiro atoms. The molecule has 3 aromatic rings.